The molecule has 2 bridgehead atoms. The number of ether oxygens (including phenoxy) is 2. The zero-order valence-corrected chi connectivity index (χ0v) is 16.5. The Morgan fingerprint density at radius 1 is 1.00 bits per heavy atom. The lowest BCUT2D eigenvalue weighted by molar-refractivity contribution is -0.00871. The van der Waals surface area contributed by atoms with Gasteiger partial charge in [0.25, 0.3) is 0 Å². The largest absolute Gasteiger partial charge is 0.454 e. The van der Waals surface area contributed by atoms with Gasteiger partial charge in [0.15, 0.2) is 11.5 Å². The van der Waals surface area contributed by atoms with E-state index in [9.17, 15) is 5.26 Å². The first-order chi connectivity index (χ1) is 14.3. The van der Waals surface area contributed by atoms with Crippen molar-refractivity contribution >= 4 is 0 Å². The Morgan fingerprint density at radius 2 is 1.83 bits per heavy atom. The van der Waals surface area contributed by atoms with E-state index in [2.05, 4.69) is 46.2 Å². The fourth-order valence-electron chi connectivity index (χ4n) is 6.15. The average Bonchev–Trinajstić information content (AvgIpc) is 3.40. The Kier molecular flexibility index (Phi) is 4.04. The number of rotatable bonds is 3. The molecule has 0 amide bonds. The molecule has 0 spiro atoms. The van der Waals surface area contributed by atoms with E-state index in [4.69, 9.17) is 9.47 Å². The van der Waals surface area contributed by atoms with Gasteiger partial charge in [0.1, 0.15) is 0 Å². The molecule has 5 heterocycles. The summed E-state index contributed by atoms with van der Waals surface area (Å²) < 4.78 is 11.2. The summed E-state index contributed by atoms with van der Waals surface area (Å²) in [6.07, 6.45) is 2.59. The van der Waals surface area contributed by atoms with Crippen molar-refractivity contribution < 1.29 is 9.47 Å². The zero-order chi connectivity index (χ0) is 19.4. The van der Waals surface area contributed by atoms with Gasteiger partial charge in [0.05, 0.1) is 11.6 Å². The summed E-state index contributed by atoms with van der Waals surface area (Å²) in [4.78, 5) is 5.38. The highest BCUT2D eigenvalue weighted by molar-refractivity contribution is 5.46. The van der Waals surface area contributed by atoms with Crippen molar-refractivity contribution in [1.29, 1.82) is 5.26 Å². The maximum atomic E-state index is 9.55. The molecule has 0 unspecified atom stereocenters. The quantitative estimate of drug-likeness (QED) is 0.808. The molecule has 7 rings (SSSR count). The molecule has 2 aromatic carbocycles. The highest BCUT2D eigenvalue weighted by Crippen LogP contribution is 2.48. The molecule has 4 saturated heterocycles. The predicted molar refractivity (Wildman–Crippen MR) is 109 cm³/mol. The highest BCUT2D eigenvalue weighted by atomic mass is 16.7. The molecule has 0 saturated carbocycles. The molecule has 5 heteroatoms. The van der Waals surface area contributed by atoms with Gasteiger partial charge in [-0.1, -0.05) is 24.3 Å². The molecule has 0 N–H and O–H groups in total. The second kappa shape index (κ2) is 6.76. The van der Waals surface area contributed by atoms with Gasteiger partial charge in [0, 0.05) is 31.1 Å². The van der Waals surface area contributed by atoms with Gasteiger partial charge in [-0.2, -0.15) is 5.26 Å². The molecule has 5 aliphatic heterocycles. The summed E-state index contributed by atoms with van der Waals surface area (Å²) in [5, 5.41) is 9.55. The van der Waals surface area contributed by atoms with E-state index < -0.39 is 0 Å². The van der Waals surface area contributed by atoms with Gasteiger partial charge in [-0.05, 0) is 61.2 Å². The number of benzene rings is 2. The summed E-state index contributed by atoms with van der Waals surface area (Å²) in [7, 11) is 0. The molecule has 5 nitrogen and oxygen atoms in total. The number of hydrogen-bond acceptors (Lipinski definition) is 5. The normalized spacial score (nSPS) is 32.2. The van der Waals surface area contributed by atoms with Gasteiger partial charge >= 0.3 is 0 Å². The van der Waals surface area contributed by atoms with Crippen LogP contribution in [-0.4, -0.2) is 48.3 Å². The minimum atomic E-state index is 0.320. The molecule has 0 aliphatic carbocycles. The summed E-state index contributed by atoms with van der Waals surface area (Å²) in [6, 6.07) is 18.1. The van der Waals surface area contributed by atoms with Crippen LogP contribution in [0.4, 0.5) is 0 Å². The number of likely N-dealkylation sites (tertiary alicyclic amines) is 1. The van der Waals surface area contributed by atoms with Crippen LogP contribution in [-0.2, 0) is 6.54 Å². The van der Waals surface area contributed by atoms with Crippen LogP contribution in [0.1, 0.15) is 35.4 Å². The maximum Gasteiger partial charge on any atom is 0.231 e. The molecular weight excluding hydrogens is 362 g/mol. The van der Waals surface area contributed by atoms with E-state index in [0.29, 0.717) is 24.8 Å². The van der Waals surface area contributed by atoms with Crippen LogP contribution >= 0.6 is 0 Å². The van der Waals surface area contributed by atoms with Gasteiger partial charge in [-0.15, -0.1) is 0 Å². The Hall–Kier alpha value is -2.55. The van der Waals surface area contributed by atoms with Crippen molar-refractivity contribution in [2.75, 3.05) is 26.4 Å². The first-order valence-electron chi connectivity index (χ1n) is 10.7. The van der Waals surface area contributed by atoms with Crippen LogP contribution in [0.15, 0.2) is 42.5 Å². The van der Waals surface area contributed by atoms with E-state index in [1.54, 1.807) is 0 Å². The van der Waals surface area contributed by atoms with Gasteiger partial charge in [0.2, 0.25) is 6.79 Å². The number of fused-ring (bicyclic) bond motifs is 3. The van der Waals surface area contributed by atoms with Crippen LogP contribution in [0.5, 0.6) is 11.5 Å². The fraction of sp³-hybridized carbons (Fsp3) is 0.458. The standard InChI is InChI=1S/C24H25N3O2/c25-12-18-3-1-2-4-19(18)13-27-14-20(17-5-6-21-22(11-17)29-15-28-21)24-23(27)16-7-9-26(24)10-8-16/h1-6,11,16,20,23-24H,7-10,13-15H2/t20-,23-,24-/m1/s1. The van der Waals surface area contributed by atoms with Crippen LogP contribution < -0.4 is 9.47 Å². The Morgan fingerprint density at radius 3 is 2.69 bits per heavy atom. The van der Waals surface area contributed by atoms with E-state index in [1.807, 2.05) is 12.1 Å². The molecular formula is C24H25N3O2. The van der Waals surface area contributed by atoms with Gasteiger partial charge in [-0.3, -0.25) is 9.80 Å². The van der Waals surface area contributed by atoms with Crippen molar-refractivity contribution in [3.8, 4) is 17.6 Å². The van der Waals surface area contributed by atoms with Gasteiger partial charge in [-0.25, -0.2) is 0 Å². The molecule has 0 aromatic heterocycles. The molecule has 4 fully saturated rings. The van der Waals surface area contributed by atoms with Crippen molar-refractivity contribution in [2.45, 2.75) is 37.4 Å². The molecule has 5 aliphatic rings. The second-order valence-corrected chi connectivity index (χ2v) is 8.77. The van der Waals surface area contributed by atoms with Crippen molar-refractivity contribution in [3.05, 3.63) is 59.2 Å². The van der Waals surface area contributed by atoms with E-state index in [1.165, 1.54) is 31.5 Å². The first kappa shape index (κ1) is 17.3. The lowest BCUT2D eigenvalue weighted by Gasteiger charge is -2.51. The molecule has 0 radical (unpaired) electrons. The number of hydrogen-bond donors (Lipinski definition) is 0. The number of nitriles is 1. The smallest absolute Gasteiger partial charge is 0.231 e. The van der Waals surface area contributed by atoms with Gasteiger partial charge < -0.3 is 9.47 Å². The summed E-state index contributed by atoms with van der Waals surface area (Å²) in [5.74, 6) is 2.96. The number of nitrogens with zero attached hydrogens (tertiary/aromatic N) is 3. The first-order valence-corrected chi connectivity index (χ1v) is 10.7. The molecule has 3 atom stereocenters. The predicted octanol–water partition coefficient (Wildman–Crippen LogP) is 3.35. The Balaban J connectivity index is 1.36. The Labute approximate surface area is 171 Å². The average molecular weight is 387 g/mol. The SMILES string of the molecule is N#Cc1ccccc1CN1C[C@H](c2ccc3c(c2)OCO3)[C@@H]2[C@H]1C1CCN2CC1. The van der Waals surface area contributed by atoms with Crippen molar-refractivity contribution in [3.63, 3.8) is 0 Å². The monoisotopic (exact) mass is 387 g/mol. The fourth-order valence-corrected chi connectivity index (χ4v) is 6.15. The lowest BCUT2D eigenvalue weighted by atomic mass is 9.75. The highest BCUT2D eigenvalue weighted by Gasteiger charge is 2.53. The van der Waals surface area contributed by atoms with E-state index >= 15 is 0 Å². The molecule has 2 aromatic rings. The summed E-state index contributed by atoms with van der Waals surface area (Å²) >= 11 is 0. The van der Waals surface area contributed by atoms with Crippen LogP contribution in [0, 0.1) is 17.2 Å². The zero-order valence-electron chi connectivity index (χ0n) is 16.5. The third-order valence-corrected chi connectivity index (χ3v) is 7.43. The maximum absolute atomic E-state index is 9.55. The van der Waals surface area contributed by atoms with Crippen molar-refractivity contribution in [1.82, 2.24) is 9.80 Å². The third kappa shape index (κ3) is 2.74. The van der Waals surface area contributed by atoms with Crippen LogP contribution in [0.2, 0.25) is 0 Å². The third-order valence-electron chi connectivity index (χ3n) is 7.43. The lowest BCUT2D eigenvalue weighted by Crippen LogP contribution is -2.60. The molecule has 148 valence electrons. The van der Waals surface area contributed by atoms with Crippen LogP contribution in [0.25, 0.3) is 0 Å². The Bertz CT molecular complexity index is 976. The van der Waals surface area contributed by atoms with Crippen molar-refractivity contribution in [2.24, 2.45) is 5.92 Å². The summed E-state index contributed by atoms with van der Waals surface area (Å²) in [5.41, 5.74) is 3.31. The van der Waals surface area contributed by atoms with E-state index in [0.717, 1.165) is 41.6 Å². The minimum Gasteiger partial charge on any atom is -0.454 e. The topological polar surface area (TPSA) is 48.7 Å². The van der Waals surface area contributed by atoms with E-state index in [-0.39, 0.29) is 0 Å². The summed E-state index contributed by atoms with van der Waals surface area (Å²) in [6.45, 7) is 4.64. The second-order valence-electron chi connectivity index (χ2n) is 8.77. The van der Waals surface area contributed by atoms with Crippen LogP contribution in [0.3, 0.4) is 0 Å². The minimum absolute atomic E-state index is 0.320. The number of piperidine rings is 3. The molecule has 29 heavy (non-hydrogen) atoms.